The number of anilines is 1. The van der Waals surface area contributed by atoms with Crippen molar-refractivity contribution in [3.05, 3.63) is 84.3 Å². The van der Waals surface area contributed by atoms with Gasteiger partial charge in [-0.3, -0.25) is 0 Å². The van der Waals surface area contributed by atoms with Crippen LogP contribution < -0.4 is 5.73 Å². The van der Waals surface area contributed by atoms with Crippen LogP contribution in [0.5, 0.6) is 0 Å². The van der Waals surface area contributed by atoms with Crippen LogP contribution in [-0.2, 0) is 5.54 Å². The molecule has 5 rings (SSSR count). The van der Waals surface area contributed by atoms with Gasteiger partial charge in [-0.15, -0.1) is 5.10 Å². The van der Waals surface area contributed by atoms with E-state index in [0.717, 1.165) is 16.5 Å². The fraction of sp³-hybridized carbons (Fsp3) is 0.167. The highest BCUT2D eigenvalue weighted by Gasteiger charge is 2.30. The molecule has 160 valence electrons. The lowest BCUT2D eigenvalue weighted by molar-refractivity contribution is 0.434. The van der Waals surface area contributed by atoms with Gasteiger partial charge in [0.2, 0.25) is 0 Å². The van der Waals surface area contributed by atoms with Gasteiger partial charge in [-0.25, -0.2) is 19.0 Å². The molecule has 0 amide bonds. The quantitative estimate of drug-likeness (QED) is 0.457. The largest absolute Gasteiger partial charge is 0.383 e. The molecule has 0 saturated carbocycles. The van der Waals surface area contributed by atoms with E-state index >= 15 is 0 Å². The molecule has 0 aliphatic heterocycles. The van der Waals surface area contributed by atoms with Crippen LogP contribution in [0.3, 0.4) is 0 Å². The lowest BCUT2D eigenvalue weighted by Crippen LogP contribution is -2.27. The minimum atomic E-state index is -0.647. The van der Waals surface area contributed by atoms with Crippen molar-refractivity contribution in [1.29, 1.82) is 0 Å². The zero-order valence-electron chi connectivity index (χ0n) is 18.0. The fourth-order valence-electron chi connectivity index (χ4n) is 3.89. The smallest absolute Gasteiger partial charge is 0.148 e. The molecule has 5 aromatic rings. The Hall–Kier alpha value is -4.07. The van der Waals surface area contributed by atoms with E-state index in [-0.39, 0.29) is 5.82 Å². The van der Waals surface area contributed by atoms with Crippen molar-refractivity contribution in [2.45, 2.75) is 26.3 Å². The van der Waals surface area contributed by atoms with Crippen molar-refractivity contribution in [2.24, 2.45) is 0 Å². The molecule has 7 nitrogen and oxygen atoms in total. The second-order valence-electron chi connectivity index (χ2n) is 8.30. The molecule has 3 aromatic heterocycles. The molecule has 0 spiro atoms. The number of rotatable bonds is 4. The van der Waals surface area contributed by atoms with Crippen LogP contribution >= 0.6 is 0 Å². The number of nitrogens with two attached hydrogens (primary N) is 1. The monoisotopic (exact) mass is 427 g/mol. The normalized spacial score (nSPS) is 11.9. The molecule has 32 heavy (non-hydrogen) atoms. The number of fused-ring (bicyclic) bond motifs is 1. The highest BCUT2D eigenvalue weighted by atomic mass is 19.1. The van der Waals surface area contributed by atoms with E-state index in [1.165, 1.54) is 22.6 Å². The summed E-state index contributed by atoms with van der Waals surface area (Å²) in [5, 5.41) is 9.31. The van der Waals surface area contributed by atoms with Crippen LogP contribution in [0.25, 0.3) is 27.8 Å². The number of aryl methyl sites for hydroxylation is 1. The van der Waals surface area contributed by atoms with Crippen molar-refractivity contribution in [3.8, 4) is 16.8 Å². The summed E-state index contributed by atoms with van der Waals surface area (Å²) in [6, 6.07) is 14.7. The highest BCUT2D eigenvalue weighted by Crippen LogP contribution is 2.37. The van der Waals surface area contributed by atoms with Gasteiger partial charge in [0.25, 0.3) is 0 Å². The van der Waals surface area contributed by atoms with Crippen LogP contribution in [-0.4, -0.2) is 29.5 Å². The molecule has 0 bridgehead atoms. The number of aromatic nitrogens is 6. The molecule has 8 heteroatoms. The van der Waals surface area contributed by atoms with Gasteiger partial charge in [0.15, 0.2) is 0 Å². The minimum absolute atomic E-state index is 0.339. The number of benzene rings is 2. The third-order valence-corrected chi connectivity index (χ3v) is 5.80. The summed E-state index contributed by atoms with van der Waals surface area (Å²) in [5.41, 5.74) is 10.5. The van der Waals surface area contributed by atoms with Crippen LogP contribution in [0.2, 0.25) is 0 Å². The standard InChI is InChI=1S/C24H22FN7/c1-15-8-10-16(11-9-15)17-12-31(23-21(17)22(26)27-14-28-23)24(2,3)20-13-32(30-29-20)19-7-5-4-6-18(19)25/h4-14H,1-3H3,(H2,26,27,28). The lowest BCUT2D eigenvalue weighted by Gasteiger charge is -2.25. The second kappa shape index (κ2) is 7.26. The molecule has 0 atom stereocenters. The van der Waals surface area contributed by atoms with E-state index in [2.05, 4.69) is 44.5 Å². The number of hydrogen-bond donors (Lipinski definition) is 1. The molecule has 0 unspecified atom stereocenters. The van der Waals surface area contributed by atoms with E-state index < -0.39 is 5.54 Å². The van der Waals surface area contributed by atoms with Crippen molar-refractivity contribution >= 4 is 16.9 Å². The van der Waals surface area contributed by atoms with Gasteiger partial charge in [0, 0.05) is 11.8 Å². The maximum atomic E-state index is 14.3. The van der Waals surface area contributed by atoms with Gasteiger partial charge in [0.05, 0.1) is 17.1 Å². The van der Waals surface area contributed by atoms with Crippen LogP contribution in [0.4, 0.5) is 10.2 Å². The Morgan fingerprint density at radius 3 is 2.47 bits per heavy atom. The molecule has 2 aromatic carbocycles. The minimum Gasteiger partial charge on any atom is -0.383 e. The third kappa shape index (κ3) is 3.11. The van der Waals surface area contributed by atoms with Crippen LogP contribution in [0, 0.1) is 12.7 Å². The molecule has 0 aliphatic carbocycles. The topological polar surface area (TPSA) is 87.4 Å². The summed E-state index contributed by atoms with van der Waals surface area (Å²) in [6.07, 6.45) is 5.21. The summed E-state index contributed by atoms with van der Waals surface area (Å²) >= 11 is 0. The Kier molecular flexibility index (Phi) is 4.51. The van der Waals surface area contributed by atoms with Crippen LogP contribution in [0.1, 0.15) is 25.1 Å². The van der Waals surface area contributed by atoms with Crippen molar-refractivity contribution < 1.29 is 4.39 Å². The predicted octanol–water partition coefficient (Wildman–Crippen LogP) is 4.49. The number of nitrogens with zero attached hydrogens (tertiary/aromatic N) is 6. The first kappa shape index (κ1) is 19.9. The predicted molar refractivity (Wildman–Crippen MR) is 122 cm³/mol. The molecule has 0 radical (unpaired) electrons. The van der Waals surface area contributed by atoms with Gasteiger partial charge < -0.3 is 10.3 Å². The zero-order chi connectivity index (χ0) is 22.5. The molecular weight excluding hydrogens is 405 g/mol. The molecule has 2 N–H and O–H groups in total. The SMILES string of the molecule is Cc1ccc(-c2cn(C(C)(C)c3cn(-c4ccccc4F)nn3)c3ncnc(N)c23)cc1. The highest BCUT2D eigenvalue weighted by molar-refractivity contribution is 6.00. The van der Waals surface area contributed by atoms with Gasteiger partial charge >= 0.3 is 0 Å². The molecule has 0 fully saturated rings. The first-order valence-electron chi connectivity index (χ1n) is 10.2. The Morgan fingerprint density at radius 2 is 1.72 bits per heavy atom. The molecule has 0 saturated heterocycles. The maximum absolute atomic E-state index is 14.3. The Balaban J connectivity index is 1.67. The summed E-state index contributed by atoms with van der Waals surface area (Å²) in [6.45, 7) is 6.07. The van der Waals surface area contributed by atoms with Gasteiger partial charge in [0.1, 0.15) is 35.0 Å². The van der Waals surface area contributed by atoms with E-state index in [9.17, 15) is 4.39 Å². The molecule has 3 heterocycles. The average molecular weight is 427 g/mol. The first-order chi connectivity index (χ1) is 15.4. The van der Waals surface area contributed by atoms with E-state index in [1.807, 2.05) is 31.5 Å². The summed E-state index contributed by atoms with van der Waals surface area (Å²) in [5.74, 6) is 0.0467. The third-order valence-electron chi connectivity index (χ3n) is 5.80. The van der Waals surface area contributed by atoms with Gasteiger partial charge in [-0.1, -0.05) is 47.2 Å². The Bertz CT molecular complexity index is 1430. The second-order valence-corrected chi connectivity index (χ2v) is 8.30. The average Bonchev–Trinajstić information content (AvgIpc) is 3.42. The lowest BCUT2D eigenvalue weighted by atomic mass is 10.0. The maximum Gasteiger partial charge on any atom is 0.148 e. The summed E-state index contributed by atoms with van der Waals surface area (Å²) < 4.78 is 17.7. The van der Waals surface area contributed by atoms with Crippen LogP contribution in [0.15, 0.2) is 67.3 Å². The number of halogens is 1. The molecular formula is C24H22FN7. The fourth-order valence-corrected chi connectivity index (χ4v) is 3.89. The summed E-state index contributed by atoms with van der Waals surface area (Å²) in [7, 11) is 0. The molecule has 0 aliphatic rings. The Labute approximate surface area is 184 Å². The van der Waals surface area contributed by atoms with Crippen molar-refractivity contribution in [1.82, 2.24) is 29.5 Å². The van der Waals surface area contributed by atoms with E-state index in [0.29, 0.717) is 22.8 Å². The Morgan fingerprint density at radius 1 is 0.969 bits per heavy atom. The van der Waals surface area contributed by atoms with Crippen molar-refractivity contribution in [3.63, 3.8) is 0 Å². The number of nitrogen functional groups attached to an aromatic ring is 1. The van der Waals surface area contributed by atoms with Gasteiger partial charge in [-0.05, 0) is 38.5 Å². The van der Waals surface area contributed by atoms with E-state index in [4.69, 9.17) is 5.73 Å². The zero-order valence-corrected chi connectivity index (χ0v) is 18.0. The van der Waals surface area contributed by atoms with Crippen molar-refractivity contribution in [2.75, 3.05) is 5.73 Å². The first-order valence-corrected chi connectivity index (χ1v) is 10.2. The number of para-hydroxylation sites is 1. The van der Waals surface area contributed by atoms with Gasteiger partial charge in [-0.2, -0.15) is 0 Å². The number of hydrogen-bond acceptors (Lipinski definition) is 5. The van der Waals surface area contributed by atoms with E-state index in [1.54, 1.807) is 24.4 Å². The summed E-state index contributed by atoms with van der Waals surface area (Å²) in [4.78, 5) is 8.75.